The molecule has 0 unspecified atom stereocenters. The van der Waals surface area contributed by atoms with Gasteiger partial charge in [-0.2, -0.15) is 13.2 Å². The number of carbonyl (C=O) groups is 1. The van der Waals surface area contributed by atoms with Crippen molar-refractivity contribution in [1.29, 1.82) is 0 Å². The molecule has 13 heteroatoms. The van der Waals surface area contributed by atoms with Crippen molar-refractivity contribution < 1.29 is 31.5 Å². The van der Waals surface area contributed by atoms with Crippen LogP contribution < -0.4 is 14.9 Å². The van der Waals surface area contributed by atoms with Gasteiger partial charge in [0.05, 0.1) is 40.5 Å². The third-order valence-corrected chi connectivity index (χ3v) is 9.17. The van der Waals surface area contributed by atoms with E-state index in [4.69, 9.17) is 5.11 Å². The summed E-state index contributed by atoms with van der Waals surface area (Å²) in [7, 11) is -3.77. The zero-order valence-corrected chi connectivity index (χ0v) is 21.3. The number of carbonyl (C=O) groups excluding carboxylic acids is 1. The first-order valence-corrected chi connectivity index (χ1v) is 14.3. The van der Waals surface area contributed by atoms with Crippen LogP contribution in [-0.4, -0.2) is 49.9 Å². The Balaban J connectivity index is 1.46. The average Bonchev–Trinajstić information content (AvgIpc) is 3.47. The molecule has 2 aliphatic rings. The summed E-state index contributed by atoms with van der Waals surface area (Å²) in [6.07, 6.45) is 0.514. The number of aromatic nitrogens is 1. The lowest BCUT2D eigenvalue weighted by atomic mass is 9.93. The molecular formula is C24H25F3N4O4S2. The maximum atomic E-state index is 13.4. The van der Waals surface area contributed by atoms with Crippen LogP contribution in [-0.2, 0) is 16.2 Å². The van der Waals surface area contributed by atoms with Crippen molar-refractivity contribution in [3.05, 3.63) is 47.0 Å². The van der Waals surface area contributed by atoms with Gasteiger partial charge >= 0.3 is 6.18 Å². The number of nitrogens with zero attached hydrogens (tertiary/aromatic N) is 2. The number of halogens is 3. The minimum absolute atomic E-state index is 0.191. The van der Waals surface area contributed by atoms with Crippen molar-refractivity contribution in [2.45, 2.75) is 31.9 Å². The minimum Gasteiger partial charge on any atom is -0.395 e. The summed E-state index contributed by atoms with van der Waals surface area (Å²) in [5, 5.41) is 13.5. The number of aliphatic hydroxyl groups is 1. The fraction of sp³-hybridized carbons (Fsp3) is 0.417. The van der Waals surface area contributed by atoms with Crippen molar-refractivity contribution in [2.75, 3.05) is 40.4 Å². The number of pyridine rings is 1. The second-order valence-corrected chi connectivity index (χ2v) is 12.2. The number of piperidine rings is 1. The Morgan fingerprint density at radius 1 is 1.16 bits per heavy atom. The SMILES string of the molecule is O=C(Nc1csc2ncc(C(F)(F)F)cc12)c1ccc(NS(=O)(=O)CCO)cc1N1CCC2(CC1)CC2. The molecule has 198 valence electrons. The Morgan fingerprint density at radius 3 is 2.54 bits per heavy atom. The van der Waals surface area contributed by atoms with Gasteiger partial charge in [-0.1, -0.05) is 0 Å². The van der Waals surface area contributed by atoms with Crippen molar-refractivity contribution in [3.63, 3.8) is 0 Å². The zero-order chi connectivity index (χ0) is 26.4. The fourth-order valence-corrected chi connectivity index (χ4v) is 6.31. The Morgan fingerprint density at radius 2 is 1.89 bits per heavy atom. The fourth-order valence-electron chi connectivity index (χ4n) is 4.66. The lowest BCUT2D eigenvalue weighted by Gasteiger charge is -2.35. The molecule has 3 aromatic rings. The topological polar surface area (TPSA) is 112 Å². The van der Waals surface area contributed by atoms with Gasteiger partial charge in [0.1, 0.15) is 4.83 Å². The van der Waals surface area contributed by atoms with Crippen molar-refractivity contribution >= 4 is 54.5 Å². The van der Waals surface area contributed by atoms with Crippen LogP contribution in [0.4, 0.5) is 30.2 Å². The number of aliphatic hydroxyl groups excluding tert-OH is 1. The molecular weight excluding hydrogens is 529 g/mol. The first-order valence-electron chi connectivity index (χ1n) is 11.7. The number of alkyl halides is 3. The predicted molar refractivity (Wildman–Crippen MR) is 137 cm³/mol. The normalized spacial score (nSPS) is 17.2. The van der Waals surface area contributed by atoms with Crippen LogP contribution in [0.3, 0.4) is 0 Å². The highest BCUT2D eigenvalue weighted by Gasteiger charge is 2.44. The van der Waals surface area contributed by atoms with Gasteiger partial charge in [0, 0.05) is 30.1 Å². The van der Waals surface area contributed by atoms with Gasteiger partial charge in [0.2, 0.25) is 10.0 Å². The standard InChI is InChI=1S/C24H25F3N4O4S2/c25-24(26,27)15-11-18-19(14-36-22(18)28-13-15)29-21(33)17-2-1-16(30-37(34,35)10-9-32)12-20(17)31-7-5-23(3-4-23)6-8-31/h1-2,11-14,30,32H,3-10H2,(H,29,33). The molecule has 1 aromatic carbocycles. The summed E-state index contributed by atoms with van der Waals surface area (Å²) in [4.78, 5) is 19.7. The molecule has 1 aliphatic carbocycles. The van der Waals surface area contributed by atoms with Gasteiger partial charge < -0.3 is 15.3 Å². The molecule has 37 heavy (non-hydrogen) atoms. The number of benzene rings is 1. The predicted octanol–water partition coefficient (Wildman–Crippen LogP) is 4.68. The van der Waals surface area contributed by atoms with Gasteiger partial charge in [-0.25, -0.2) is 13.4 Å². The highest BCUT2D eigenvalue weighted by Crippen LogP contribution is 2.54. The van der Waals surface area contributed by atoms with Crippen LogP contribution >= 0.6 is 11.3 Å². The summed E-state index contributed by atoms with van der Waals surface area (Å²) in [6.45, 7) is 0.872. The smallest absolute Gasteiger partial charge is 0.395 e. The molecule has 0 atom stereocenters. The van der Waals surface area contributed by atoms with E-state index in [1.54, 1.807) is 11.4 Å². The van der Waals surface area contributed by atoms with Crippen LogP contribution in [0.1, 0.15) is 41.6 Å². The third kappa shape index (κ3) is 5.53. The molecule has 1 spiro atoms. The average molecular weight is 555 g/mol. The van der Waals surface area contributed by atoms with Gasteiger partial charge in [0.15, 0.2) is 0 Å². The highest BCUT2D eigenvalue weighted by atomic mass is 32.2. The number of rotatable bonds is 7. The van der Waals surface area contributed by atoms with Gasteiger partial charge in [-0.3, -0.25) is 9.52 Å². The van der Waals surface area contributed by atoms with E-state index in [1.807, 2.05) is 4.90 Å². The van der Waals surface area contributed by atoms with E-state index in [-0.39, 0.29) is 22.3 Å². The summed E-state index contributed by atoms with van der Waals surface area (Å²) >= 11 is 1.12. The minimum atomic E-state index is -4.57. The maximum absolute atomic E-state index is 13.4. The first kappa shape index (κ1) is 25.7. The van der Waals surface area contributed by atoms with Crippen LogP contribution in [0, 0.1) is 5.41 Å². The quantitative estimate of drug-likeness (QED) is 0.391. The lowest BCUT2D eigenvalue weighted by molar-refractivity contribution is -0.137. The zero-order valence-electron chi connectivity index (χ0n) is 19.6. The van der Waals surface area contributed by atoms with Gasteiger partial charge in [0.25, 0.3) is 5.91 Å². The molecule has 8 nitrogen and oxygen atoms in total. The number of hydrogen-bond acceptors (Lipinski definition) is 7. The van der Waals surface area contributed by atoms with Gasteiger partial charge in [-0.05, 0) is 55.4 Å². The second-order valence-electron chi connectivity index (χ2n) is 9.54. The number of anilines is 3. The Kier molecular flexibility index (Phi) is 6.57. The first-order chi connectivity index (χ1) is 17.5. The Hall–Kier alpha value is -2.90. The van der Waals surface area contributed by atoms with E-state index in [0.717, 1.165) is 36.4 Å². The summed E-state index contributed by atoms with van der Waals surface area (Å²) < 4.78 is 66.4. The lowest BCUT2D eigenvalue weighted by Crippen LogP contribution is -2.35. The second kappa shape index (κ2) is 9.44. The number of fused-ring (bicyclic) bond motifs is 1. The van der Waals surface area contributed by atoms with E-state index in [1.165, 1.54) is 25.0 Å². The molecule has 3 N–H and O–H groups in total. The van der Waals surface area contributed by atoms with Crippen molar-refractivity contribution in [1.82, 2.24) is 4.98 Å². The van der Waals surface area contributed by atoms with E-state index >= 15 is 0 Å². The summed E-state index contributed by atoms with van der Waals surface area (Å²) in [5.41, 5.74) is 0.751. The van der Waals surface area contributed by atoms with Crippen LogP contribution in [0.5, 0.6) is 0 Å². The van der Waals surface area contributed by atoms with E-state index in [2.05, 4.69) is 15.0 Å². The van der Waals surface area contributed by atoms with Crippen LogP contribution in [0.2, 0.25) is 0 Å². The Labute approximate surface area is 215 Å². The molecule has 2 aromatic heterocycles. The summed E-state index contributed by atoms with van der Waals surface area (Å²) in [6, 6.07) is 5.50. The molecule has 2 fully saturated rings. The van der Waals surface area contributed by atoms with Crippen LogP contribution in [0.25, 0.3) is 10.2 Å². The molecule has 1 saturated heterocycles. The number of hydrogen-bond donors (Lipinski definition) is 3. The van der Waals surface area contributed by atoms with Crippen LogP contribution in [0.15, 0.2) is 35.8 Å². The number of nitrogens with one attached hydrogen (secondary N) is 2. The maximum Gasteiger partial charge on any atom is 0.417 e. The molecule has 1 amide bonds. The highest BCUT2D eigenvalue weighted by molar-refractivity contribution is 7.92. The van der Waals surface area contributed by atoms with E-state index in [0.29, 0.717) is 29.0 Å². The van der Waals surface area contributed by atoms with E-state index < -0.39 is 40.0 Å². The molecule has 5 rings (SSSR count). The number of amides is 1. The molecule has 0 bridgehead atoms. The largest absolute Gasteiger partial charge is 0.417 e. The molecule has 0 radical (unpaired) electrons. The molecule has 1 saturated carbocycles. The van der Waals surface area contributed by atoms with E-state index in [9.17, 15) is 26.4 Å². The van der Waals surface area contributed by atoms with Crippen molar-refractivity contribution in [3.8, 4) is 0 Å². The Bertz CT molecular complexity index is 1440. The molecule has 3 heterocycles. The monoisotopic (exact) mass is 554 g/mol. The van der Waals surface area contributed by atoms with Gasteiger partial charge in [-0.15, -0.1) is 11.3 Å². The molecule has 1 aliphatic heterocycles. The number of sulfonamides is 1. The summed E-state index contributed by atoms with van der Waals surface area (Å²) in [5.74, 6) is -0.987. The number of thiophene rings is 1. The van der Waals surface area contributed by atoms with Crippen molar-refractivity contribution in [2.24, 2.45) is 5.41 Å². The third-order valence-electron chi connectivity index (χ3n) is 7.00.